The SMILES string of the molecule is O=C(NCOc1ccc(Cl)cc1Cl)Nc1ccc(F)cc1F. The van der Waals surface area contributed by atoms with Crippen molar-refractivity contribution in [3.05, 3.63) is 58.1 Å². The van der Waals surface area contributed by atoms with E-state index in [9.17, 15) is 13.6 Å². The van der Waals surface area contributed by atoms with E-state index in [-0.39, 0.29) is 12.4 Å². The lowest BCUT2D eigenvalue weighted by Crippen LogP contribution is -2.32. The topological polar surface area (TPSA) is 50.4 Å². The molecule has 2 aromatic carbocycles. The Hall–Kier alpha value is -2.05. The lowest BCUT2D eigenvalue weighted by molar-refractivity contribution is 0.234. The predicted octanol–water partition coefficient (Wildman–Crippen LogP) is 4.43. The Morgan fingerprint density at radius 1 is 1.14 bits per heavy atom. The van der Waals surface area contributed by atoms with Gasteiger partial charge in [0.1, 0.15) is 17.4 Å². The number of halogens is 4. The van der Waals surface area contributed by atoms with Gasteiger partial charge in [-0.1, -0.05) is 23.2 Å². The lowest BCUT2D eigenvalue weighted by atomic mass is 10.3. The molecule has 0 radical (unpaired) electrons. The van der Waals surface area contributed by atoms with Crippen molar-refractivity contribution in [2.24, 2.45) is 0 Å². The van der Waals surface area contributed by atoms with Gasteiger partial charge < -0.3 is 15.4 Å². The highest BCUT2D eigenvalue weighted by Gasteiger charge is 2.08. The third kappa shape index (κ3) is 4.47. The molecule has 2 rings (SSSR count). The first kappa shape index (κ1) is 16.3. The van der Waals surface area contributed by atoms with Gasteiger partial charge in [0, 0.05) is 11.1 Å². The summed E-state index contributed by atoms with van der Waals surface area (Å²) >= 11 is 11.6. The van der Waals surface area contributed by atoms with Gasteiger partial charge in [-0.15, -0.1) is 0 Å². The molecule has 0 heterocycles. The standard InChI is InChI=1S/C14H10Cl2F2N2O2/c15-8-1-4-13(10(16)5-8)22-7-19-14(21)20-12-3-2-9(17)6-11(12)18/h1-6H,7H2,(H2,19,20,21). The first-order chi connectivity index (χ1) is 10.5. The summed E-state index contributed by atoms with van der Waals surface area (Å²) in [6.45, 7) is -0.198. The number of rotatable bonds is 4. The second-order valence-electron chi connectivity index (χ2n) is 4.12. The number of carbonyl (C=O) groups is 1. The van der Waals surface area contributed by atoms with Crippen LogP contribution in [0.15, 0.2) is 36.4 Å². The van der Waals surface area contributed by atoms with Crippen molar-refractivity contribution in [3.8, 4) is 5.75 Å². The van der Waals surface area contributed by atoms with E-state index < -0.39 is 17.7 Å². The summed E-state index contributed by atoms with van der Waals surface area (Å²) in [4.78, 5) is 11.6. The van der Waals surface area contributed by atoms with Gasteiger partial charge in [0.05, 0.1) is 10.7 Å². The van der Waals surface area contributed by atoms with Crippen molar-refractivity contribution in [2.45, 2.75) is 0 Å². The van der Waals surface area contributed by atoms with Crippen LogP contribution in [0.1, 0.15) is 0 Å². The Morgan fingerprint density at radius 2 is 1.91 bits per heavy atom. The second kappa shape index (κ2) is 7.29. The van der Waals surface area contributed by atoms with Crippen molar-refractivity contribution in [2.75, 3.05) is 12.0 Å². The fourth-order valence-electron chi connectivity index (χ4n) is 1.53. The van der Waals surface area contributed by atoms with Gasteiger partial charge in [0.25, 0.3) is 0 Å². The molecular formula is C14H10Cl2F2N2O2. The Bertz CT molecular complexity index is 699. The van der Waals surface area contributed by atoms with Crippen LogP contribution in [0.3, 0.4) is 0 Å². The quantitative estimate of drug-likeness (QED) is 0.804. The molecule has 0 aliphatic carbocycles. The maximum Gasteiger partial charge on any atom is 0.321 e. The molecule has 0 aliphatic rings. The van der Waals surface area contributed by atoms with Crippen LogP contribution >= 0.6 is 23.2 Å². The molecule has 116 valence electrons. The number of amides is 2. The second-order valence-corrected chi connectivity index (χ2v) is 4.96. The smallest absolute Gasteiger partial charge is 0.321 e. The molecule has 0 saturated heterocycles. The van der Waals surface area contributed by atoms with Crippen molar-refractivity contribution >= 4 is 34.9 Å². The highest BCUT2D eigenvalue weighted by Crippen LogP contribution is 2.27. The summed E-state index contributed by atoms with van der Waals surface area (Å²) < 4.78 is 31.3. The molecule has 0 aromatic heterocycles. The molecule has 4 nitrogen and oxygen atoms in total. The Kier molecular flexibility index (Phi) is 5.41. The van der Waals surface area contributed by atoms with Crippen LogP contribution in [0.2, 0.25) is 10.0 Å². The number of hydrogen-bond donors (Lipinski definition) is 2. The zero-order valence-electron chi connectivity index (χ0n) is 11.0. The lowest BCUT2D eigenvalue weighted by Gasteiger charge is -2.11. The number of anilines is 1. The highest BCUT2D eigenvalue weighted by atomic mass is 35.5. The fraction of sp³-hybridized carbons (Fsp3) is 0.0714. The van der Waals surface area contributed by atoms with Crippen LogP contribution in [0, 0.1) is 11.6 Å². The van der Waals surface area contributed by atoms with E-state index in [0.717, 1.165) is 12.1 Å². The zero-order valence-corrected chi connectivity index (χ0v) is 12.5. The molecule has 0 aliphatic heterocycles. The molecule has 0 fully saturated rings. The van der Waals surface area contributed by atoms with Gasteiger partial charge >= 0.3 is 6.03 Å². The predicted molar refractivity (Wildman–Crippen MR) is 80.5 cm³/mol. The third-order valence-electron chi connectivity index (χ3n) is 2.53. The normalized spacial score (nSPS) is 10.2. The number of benzene rings is 2. The van der Waals surface area contributed by atoms with Crippen LogP contribution in [0.4, 0.5) is 19.3 Å². The summed E-state index contributed by atoms with van der Waals surface area (Å²) in [6, 6.07) is 6.71. The average molecular weight is 347 g/mol. The minimum atomic E-state index is -0.878. The summed E-state index contributed by atoms with van der Waals surface area (Å²) in [6.07, 6.45) is 0. The van der Waals surface area contributed by atoms with Crippen LogP contribution in [-0.2, 0) is 0 Å². The number of urea groups is 1. The van der Waals surface area contributed by atoms with E-state index in [1.54, 1.807) is 12.1 Å². The van der Waals surface area contributed by atoms with E-state index in [2.05, 4.69) is 10.6 Å². The molecule has 0 unspecified atom stereocenters. The van der Waals surface area contributed by atoms with Gasteiger partial charge in [-0.2, -0.15) is 0 Å². The van der Waals surface area contributed by atoms with Crippen LogP contribution in [0.25, 0.3) is 0 Å². The molecular weight excluding hydrogens is 337 g/mol. The monoisotopic (exact) mass is 346 g/mol. The van der Waals surface area contributed by atoms with Crippen LogP contribution in [0.5, 0.6) is 5.75 Å². The summed E-state index contributed by atoms with van der Waals surface area (Å²) in [5, 5.41) is 5.31. The minimum Gasteiger partial charge on any atom is -0.472 e. The average Bonchev–Trinajstić information content (AvgIpc) is 2.44. The van der Waals surface area contributed by atoms with E-state index in [4.69, 9.17) is 27.9 Å². The molecule has 2 N–H and O–H groups in total. The van der Waals surface area contributed by atoms with Gasteiger partial charge in [-0.05, 0) is 30.3 Å². The number of nitrogens with one attached hydrogen (secondary N) is 2. The van der Waals surface area contributed by atoms with Gasteiger partial charge in [0.15, 0.2) is 6.73 Å². The highest BCUT2D eigenvalue weighted by molar-refractivity contribution is 6.35. The van der Waals surface area contributed by atoms with Crippen LogP contribution < -0.4 is 15.4 Å². The van der Waals surface area contributed by atoms with Gasteiger partial charge in [-0.25, -0.2) is 13.6 Å². The zero-order chi connectivity index (χ0) is 16.1. The summed E-state index contributed by atoms with van der Waals surface area (Å²) in [7, 11) is 0. The fourth-order valence-corrected chi connectivity index (χ4v) is 1.99. The van der Waals surface area contributed by atoms with Gasteiger partial charge in [0.2, 0.25) is 0 Å². The Balaban J connectivity index is 1.85. The molecule has 0 bridgehead atoms. The van der Waals surface area contributed by atoms with E-state index >= 15 is 0 Å². The number of hydrogen-bond acceptors (Lipinski definition) is 2. The molecule has 0 atom stereocenters. The molecule has 0 saturated carbocycles. The molecule has 0 spiro atoms. The van der Waals surface area contributed by atoms with Crippen LogP contribution in [-0.4, -0.2) is 12.8 Å². The van der Waals surface area contributed by atoms with Crippen molar-refractivity contribution < 1.29 is 18.3 Å². The minimum absolute atomic E-state index is 0.150. The maximum absolute atomic E-state index is 13.3. The first-order valence-electron chi connectivity index (χ1n) is 6.03. The van der Waals surface area contributed by atoms with Crippen molar-refractivity contribution in [3.63, 3.8) is 0 Å². The van der Waals surface area contributed by atoms with Gasteiger partial charge in [-0.3, -0.25) is 0 Å². The largest absolute Gasteiger partial charge is 0.472 e. The molecule has 2 amide bonds. The summed E-state index contributed by atoms with van der Waals surface area (Å²) in [5.41, 5.74) is -0.150. The molecule has 8 heteroatoms. The van der Waals surface area contributed by atoms with Crippen molar-refractivity contribution in [1.29, 1.82) is 0 Å². The maximum atomic E-state index is 13.3. The van der Waals surface area contributed by atoms with E-state index in [0.29, 0.717) is 21.9 Å². The third-order valence-corrected chi connectivity index (χ3v) is 3.06. The number of ether oxygens (including phenoxy) is 1. The summed E-state index contributed by atoms with van der Waals surface area (Å²) in [5.74, 6) is -1.28. The Labute approximate surface area is 135 Å². The van der Waals surface area contributed by atoms with E-state index in [1.165, 1.54) is 6.07 Å². The Morgan fingerprint density at radius 3 is 2.59 bits per heavy atom. The van der Waals surface area contributed by atoms with E-state index in [1.807, 2.05) is 0 Å². The first-order valence-corrected chi connectivity index (χ1v) is 6.79. The molecule has 2 aromatic rings. The van der Waals surface area contributed by atoms with Crippen molar-refractivity contribution in [1.82, 2.24) is 5.32 Å². The number of carbonyl (C=O) groups excluding carboxylic acids is 1. The molecule has 22 heavy (non-hydrogen) atoms.